The maximum Gasteiger partial charge on any atom is 0.323 e. The highest BCUT2D eigenvalue weighted by molar-refractivity contribution is 5.77. The Bertz CT molecular complexity index is 357. The van der Waals surface area contributed by atoms with Crippen molar-refractivity contribution in [1.82, 2.24) is 0 Å². The average Bonchev–Trinajstić information content (AvgIpc) is 2.20. The van der Waals surface area contributed by atoms with E-state index in [1.807, 2.05) is 31.2 Å². The van der Waals surface area contributed by atoms with E-state index < -0.39 is 11.5 Å². The largest absolute Gasteiger partial charge is 0.494 e. The van der Waals surface area contributed by atoms with Crippen LogP contribution in [0.3, 0.4) is 0 Å². The van der Waals surface area contributed by atoms with E-state index in [0.717, 1.165) is 11.3 Å². The second-order valence-corrected chi connectivity index (χ2v) is 4.13. The Morgan fingerprint density at radius 2 is 2.00 bits per heavy atom. The lowest BCUT2D eigenvalue weighted by molar-refractivity contribution is -0.143. The van der Waals surface area contributed by atoms with Gasteiger partial charge in [-0.25, -0.2) is 0 Å². The zero-order valence-corrected chi connectivity index (χ0v) is 9.56. The smallest absolute Gasteiger partial charge is 0.323 e. The molecule has 1 unspecified atom stereocenters. The third-order valence-electron chi connectivity index (χ3n) is 2.40. The molecular formula is C12H17NO3. The fourth-order valence-electron chi connectivity index (χ4n) is 1.12. The van der Waals surface area contributed by atoms with E-state index in [2.05, 4.69) is 0 Å². The predicted octanol–water partition coefficient (Wildman–Crippen LogP) is 1.57. The van der Waals surface area contributed by atoms with Crippen molar-refractivity contribution in [3.8, 4) is 5.75 Å². The van der Waals surface area contributed by atoms with Crippen molar-refractivity contribution in [2.45, 2.75) is 25.8 Å². The van der Waals surface area contributed by atoms with Crippen LogP contribution in [0.5, 0.6) is 5.75 Å². The summed E-state index contributed by atoms with van der Waals surface area (Å²) in [6.45, 7) is 3.77. The summed E-state index contributed by atoms with van der Waals surface area (Å²) in [7, 11) is 0. The van der Waals surface area contributed by atoms with Crippen LogP contribution >= 0.6 is 0 Å². The minimum Gasteiger partial charge on any atom is -0.494 e. The maximum absolute atomic E-state index is 10.7. The van der Waals surface area contributed by atoms with Crippen molar-refractivity contribution in [3.05, 3.63) is 29.8 Å². The van der Waals surface area contributed by atoms with Crippen LogP contribution in [0.4, 0.5) is 0 Å². The van der Waals surface area contributed by atoms with Crippen LogP contribution < -0.4 is 10.5 Å². The molecule has 88 valence electrons. The van der Waals surface area contributed by atoms with Crippen molar-refractivity contribution in [2.24, 2.45) is 5.73 Å². The number of carboxylic acids is 1. The average molecular weight is 223 g/mol. The van der Waals surface area contributed by atoms with E-state index in [0.29, 0.717) is 6.61 Å². The van der Waals surface area contributed by atoms with Crippen LogP contribution in [-0.4, -0.2) is 23.2 Å². The molecule has 0 heterocycles. The molecule has 1 atom stereocenters. The van der Waals surface area contributed by atoms with Crippen LogP contribution in [0, 0.1) is 6.92 Å². The zero-order chi connectivity index (χ0) is 12.2. The summed E-state index contributed by atoms with van der Waals surface area (Å²) in [5, 5.41) is 8.79. The Kier molecular flexibility index (Phi) is 3.90. The van der Waals surface area contributed by atoms with Gasteiger partial charge in [-0.15, -0.1) is 0 Å². The van der Waals surface area contributed by atoms with Crippen LogP contribution in [0.1, 0.15) is 18.9 Å². The Hall–Kier alpha value is -1.55. The van der Waals surface area contributed by atoms with E-state index in [1.165, 1.54) is 6.92 Å². The van der Waals surface area contributed by atoms with Crippen molar-refractivity contribution < 1.29 is 14.6 Å². The molecule has 0 fully saturated rings. The number of hydrogen-bond acceptors (Lipinski definition) is 3. The number of carbonyl (C=O) groups is 1. The number of carboxylic acid groups (broad SMARTS) is 1. The van der Waals surface area contributed by atoms with E-state index in [1.54, 1.807) is 0 Å². The molecule has 4 heteroatoms. The Morgan fingerprint density at radius 3 is 2.50 bits per heavy atom. The van der Waals surface area contributed by atoms with Crippen LogP contribution in [0.2, 0.25) is 0 Å². The van der Waals surface area contributed by atoms with Gasteiger partial charge in [0.1, 0.15) is 11.3 Å². The lowest BCUT2D eigenvalue weighted by atomic mass is 10.0. The zero-order valence-electron chi connectivity index (χ0n) is 9.56. The first-order valence-electron chi connectivity index (χ1n) is 5.13. The topological polar surface area (TPSA) is 72.5 Å². The van der Waals surface area contributed by atoms with Crippen molar-refractivity contribution in [2.75, 3.05) is 6.61 Å². The molecule has 0 spiro atoms. The van der Waals surface area contributed by atoms with Gasteiger partial charge in [-0.3, -0.25) is 4.79 Å². The monoisotopic (exact) mass is 223 g/mol. The predicted molar refractivity (Wildman–Crippen MR) is 61.5 cm³/mol. The van der Waals surface area contributed by atoms with Gasteiger partial charge in [0.2, 0.25) is 0 Å². The summed E-state index contributed by atoms with van der Waals surface area (Å²) in [4.78, 5) is 10.7. The van der Waals surface area contributed by atoms with E-state index in [9.17, 15) is 4.79 Å². The third kappa shape index (κ3) is 3.55. The molecule has 4 nitrogen and oxygen atoms in total. The van der Waals surface area contributed by atoms with E-state index in [4.69, 9.17) is 15.6 Å². The normalized spacial score (nSPS) is 14.2. The number of ether oxygens (including phenoxy) is 1. The van der Waals surface area contributed by atoms with E-state index in [-0.39, 0.29) is 6.42 Å². The summed E-state index contributed by atoms with van der Waals surface area (Å²) in [5.41, 5.74) is 5.49. The Labute approximate surface area is 95.0 Å². The number of benzene rings is 1. The Balaban J connectivity index is 2.41. The number of rotatable bonds is 5. The first-order chi connectivity index (χ1) is 7.42. The maximum atomic E-state index is 10.7. The minimum atomic E-state index is -1.23. The molecular weight excluding hydrogens is 206 g/mol. The molecule has 0 bridgehead atoms. The second-order valence-electron chi connectivity index (χ2n) is 4.13. The number of aryl methyl sites for hydroxylation is 1. The van der Waals surface area contributed by atoms with Crippen LogP contribution in [0.25, 0.3) is 0 Å². The quantitative estimate of drug-likeness (QED) is 0.794. The van der Waals surface area contributed by atoms with Gasteiger partial charge >= 0.3 is 5.97 Å². The highest BCUT2D eigenvalue weighted by Crippen LogP contribution is 2.13. The first kappa shape index (κ1) is 12.5. The molecule has 0 aliphatic heterocycles. The summed E-state index contributed by atoms with van der Waals surface area (Å²) in [6, 6.07) is 7.58. The second kappa shape index (κ2) is 4.99. The molecule has 0 aliphatic carbocycles. The van der Waals surface area contributed by atoms with Crippen molar-refractivity contribution >= 4 is 5.97 Å². The fourth-order valence-corrected chi connectivity index (χ4v) is 1.12. The lowest BCUT2D eigenvalue weighted by Gasteiger charge is -2.18. The summed E-state index contributed by atoms with van der Waals surface area (Å²) >= 11 is 0. The molecule has 0 saturated heterocycles. The van der Waals surface area contributed by atoms with Crippen molar-refractivity contribution in [3.63, 3.8) is 0 Å². The molecule has 1 aromatic rings. The van der Waals surface area contributed by atoms with Gasteiger partial charge in [0.05, 0.1) is 6.61 Å². The Morgan fingerprint density at radius 1 is 1.44 bits per heavy atom. The number of nitrogens with two attached hydrogens (primary N) is 1. The lowest BCUT2D eigenvalue weighted by Crippen LogP contribution is -2.45. The molecule has 16 heavy (non-hydrogen) atoms. The fraction of sp³-hybridized carbons (Fsp3) is 0.417. The van der Waals surface area contributed by atoms with E-state index >= 15 is 0 Å². The highest BCUT2D eigenvalue weighted by Gasteiger charge is 2.27. The minimum absolute atomic E-state index is 0.274. The van der Waals surface area contributed by atoms with Gasteiger partial charge in [-0.2, -0.15) is 0 Å². The van der Waals surface area contributed by atoms with Gasteiger partial charge in [0.15, 0.2) is 0 Å². The SMILES string of the molecule is Cc1ccc(OCCC(C)(N)C(=O)O)cc1. The van der Waals surface area contributed by atoms with Crippen molar-refractivity contribution in [1.29, 1.82) is 0 Å². The molecule has 0 radical (unpaired) electrons. The molecule has 0 saturated carbocycles. The number of aliphatic carboxylic acids is 1. The summed E-state index contributed by atoms with van der Waals surface area (Å²) in [6.07, 6.45) is 0.274. The molecule has 3 N–H and O–H groups in total. The first-order valence-corrected chi connectivity index (χ1v) is 5.13. The van der Waals surface area contributed by atoms with Gasteiger partial charge in [0.25, 0.3) is 0 Å². The standard InChI is InChI=1S/C12H17NO3/c1-9-3-5-10(6-4-9)16-8-7-12(2,13)11(14)15/h3-6H,7-8,13H2,1-2H3,(H,14,15). The molecule has 0 amide bonds. The summed E-state index contributed by atoms with van der Waals surface area (Å²) in [5.74, 6) is -0.285. The van der Waals surface area contributed by atoms with Crippen LogP contribution in [0.15, 0.2) is 24.3 Å². The molecule has 1 rings (SSSR count). The summed E-state index contributed by atoms with van der Waals surface area (Å²) < 4.78 is 5.40. The van der Waals surface area contributed by atoms with Gasteiger partial charge in [-0.1, -0.05) is 17.7 Å². The van der Waals surface area contributed by atoms with Crippen LogP contribution in [-0.2, 0) is 4.79 Å². The molecule has 1 aromatic carbocycles. The van der Waals surface area contributed by atoms with Gasteiger partial charge in [-0.05, 0) is 26.0 Å². The number of hydrogen-bond donors (Lipinski definition) is 2. The van der Waals surface area contributed by atoms with Gasteiger partial charge < -0.3 is 15.6 Å². The molecule has 0 aromatic heterocycles. The third-order valence-corrected chi connectivity index (χ3v) is 2.40. The highest BCUT2D eigenvalue weighted by atomic mass is 16.5. The molecule has 0 aliphatic rings. The van der Waals surface area contributed by atoms with Gasteiger partial charge in [0, 0.05) is 6.42 Å².